The van der Waals surface area contributed by atoms with Crippen LogP contribution < -0.4 is 5.32 Å². The van der Waals surface area contributed by atoms with Gasteiger partial charge in [-0.2, -0.15) is 0 Å². The number of nitrogens with one attached hydrogen (secondary N) is 1. The highest BCUT2D eigenvalue weighted by Gasteiger charge is 2.24. The van der Waals surface area contributed by atoms with Gasteiger partial charge in [0.05, 0.1) is 6.54 Å². The van der Waals surface area contributed by atoms with Crippen molar-refractivity contribution in [3.8, 4) is 0 Å². The van der Waals surface area contributed by atoms with Crippen molar-refractivity contribution in [3.63, 3.8) is 0 Å². The maximum absolute atomic E-state index is 12.2. The predicted octanol–water partition coefficient (Wildman–Crippen LogP) is 3.19. The first kappa shape index (κ1) is 17.4. The molecule has 0 saturated carbocycles. The molecule has 1 aliphatic heterocycles. The predicted molar refractivity (Wildman–Crippen MR) is 95.2 cm³/mol. The van der Waals surface area contributed by atoms with Crippen molar-refractivity contribution in [3.05, 3.63) is 28.7 Å². The van der Waals surface area contributed by atoms with Gasteiger partial charge in [0, 0.05) is 28.8 Å². The molecular formula is C17H26BrN3O. The van der Waals surface area contributed by atoms with Gasteiger partial charge < -0.3 is 5.32 Å². The molecule has 5 heteroatoms. The molecule has 1 amide bonds. The molecule has 122 valence electrons. The number of hydrogen-bond acceptors (Lipinski definition) is 3. The summed E-state index contributed by atoms with van der Waals surface area (Å²) in [6.07, 6.45) is 1.11. The van der Waals surface area contributed by atoms with Crippen molar-refractivity contribution in [1.29, 1.82) is 0 Å². The van der Waals surface area contributed by atoms with E-state index in [2.05, 4.69) is 51.8 Å². The number of carbonyl (C=O) groups is 1. The lowest BCUT2D eigenvalue weighted by molar-refractivity contribution is -0.117. The molecule has 0 unspecified atom stereocenters. The summed E-state index contributed by atoms with van der Waals surface area (Å²) in [6.45, 7) is 11.3. The molecule has 2 rings (SSSR count). The van der Waals surface area contributed by atoms with Crippen LogP contribution in [0.3, 0.4) is 0 Å². The summed E-state index contributed by atoms with van der Waals surface area (Å²) in [5, 5.41) is 2.96. The Morgan fingerprint density at radius 3 is 2.45 bits per heavy atom. The summed E-state index contributed by atoms with van der Waals surface area (Å²) >= 11 is 3.40. The normalized spacial score (nSPS) is 18.0. The number of rotatable bonds is 3. The van der Waals surface area contributed by atoms with E-state index in [0.717, 1.165) is 42.8 Å². The Balaban J connectivity index is 1.83. The van der Waals surface area contributed by atoms with Crippen molar-refractivity contribution in [2.24, 2.45) is 0 Å². The Morgan fingerprint density at radius 1 is 1.14 bits per heavy atom. The second kappa shape index (κ2) is 7.57. The number of amides is 1. The lowest BCUT2D eigenvalue weighted by Gasteiger charge is -2.34. The van der Waals surface area contributed by atoms with E-state index in [1.165, 1.54) is 0 Å². The van der Waals surface area contributed by atoms with E-state index in [1.54, 1.807) is 0 Å². The van der Waals surface area contributed by atoms with Gasteiger partial charge in [0.25, 0.3) is 0 Å². The number of hydrogen-bond donors (Lipinski definition) is 1. The summed E-state index contributed by atoms with van der Waals surface area (Å²) < 4.78 is 1.01. The van der Waals surface area contributed by atoms with Gasteiger partial charge in [-0.05, 0) is 64.5 Å². The monoisotopic (exact) mass is 367 g/mol. The van der Waals surface area contributed by atoms with E-state index in [9.17, 15) is 4.79 Å². The van der Waals surface area contributed by atoms with Crippen LogP contribution in [-0.4, -0.2) is 54.0 Å². The van der Waals surface area contributed by atoms with Crippen LogP contribution in [-0.2, 0) is 4.79 Å². The van der Waals surface area contributed by atoms with Gasteiger partial charge in [-0.25, -0.2) is 0 Å². The van der Waals surface area contributed by atoms with Crippen molar-refractivity contribution in [2.75, 3.05) is 38.0 Å². The molecule has 4 nitrogen and oxygen atoms in total. The zero-order valence-corrected chi connectivity index (χ0v) is 15.3. The van der Waals surface area contributed by atoms with Crippen LogP contribution in [0.25, 0.3) is 0 Å². The first-order chi connectivity index (χ1) is 10.3. The molecular weight excluding hydrogens is 342 g/mol. The molecule has 1 N–H and O–H groups in total. The molecule has 1 aliphatic rings. The number of nitrogens with zero attached hydrogens (tertiary/aromatic N) is 2. The Morgan fingerprint density at radius 2 is 1.82 bits per heavy atom. The molecule has 0 bridgehead atoms. The fraction of sp³-hybridized carbons (Fsp3) is 0.588. The molecule has 0 radical (unpaired) electrons. The molecule has 1 saturated heterocycles. The first-order valence-electron chi connectivity index (χ1n) is 7.87. The van der Waals surface area contributed by atoms with Crippen LogP contribution in [0.15, 0.2) is 28.7 Å². The minimum Gasteiger partial charge on any atom is -0.325 e. The Labute approximate surface area is 142 Å². The Bertz CT molecular complexity index is 496. The van der Waals surface area contributed by atoms with E-state index in [1.807, 2.05) is 24.3 Å². The van der Waals surface area contributed by atoms with Crippen LogP contribution in [0.1, 0.15) is 27.2 Å². The van der Waals surface area contributed by atoms with Gasteiger partial charge in [0.15, 0.2) is 0 Å². The number of halogens is 1. The van der Waals surface area contributed by atoms with Crippen LogP contribution in [0.2, 0.25) is 0 Å². The van der Waals surface area contributed by atoms with Gasteiger partial charge in [-0.3, -0.25) is 14.6 Å². The molecule has 1 aromatic carbocycles. The second-order valence-corrected chi connectivity index (χ2v) is 7.76. The fourth-order valence-corrected chi connectivity index (χ4v) is 3.00. The molecule has 0 aliphatic carbocycles. The average molecular weight is 368 g/mol. The lowest BCUT2D eigenvalue weighted by Crippen LogP contribution is -2.44. The third kappa shape index (κ3) is 5.38. The molecule has 0 spiro atoms. The van der Waals surface area contributed by atoms with Crippen LogP contribution in [0.5, 0.6) is 0 Å². The van der Waals surface area contributed by atoms with Crippen LogP contribution >= 0.6 is 15.9 Å². The van der Waals surface area contributed by atoms with Gasteiger partial charge >= 0.3 is 0 Å². The summed E-state index contributed by atoms with van der Waals surface area (Å²) in [7, 11) is 0. The molecule has 22 heavy (non-hydrogen) atoms. The minimum atomic E-state index is 0.0616. The van der Waals surface area contributed by atoms with Gasteiger partial charge in [-0.15, -0.1) is 0 Å². The van der Waals surface area contributed by atoms with Crippen LogP contribution in [0, 0.1) is 0 Å². The van der Waals surface area contributed by atoms with Crippen molar-refractivity contribution in [2.45, 2.75) is 32.7 Å². The maximum atomic E-state index is 12.2. The van der Waals surface area contributed by atoms with Gasteiger partial charge in [0.2, 0.25) is 5.91 Å². The van der Waals surface area contributed by atoms with Crippen molar-refractivity contribution < 1.29 is 4.79 Å². The van der Waals surface area contributed by atoms with Gasteiger partial charge in [-0.1, -0.05) is 15.9 Å². The smallest absolute Gasteiger partial charge is 0.238 e. The highest BCUT2D eigenvalue weighted by Crippen LogP contribution is 2.16. The lowest BCUT2D eigenvalue weighted by atomic mass is 10.1. The third-order valence-corrected chi connectivity index (χ3v) is 4.56. The van der Waals surface area contributed by atoms with E-state index < -0.39 is 0 Å². The van der Waals surface area contributed by atoms with Crippen molar-refractivity contribution in [1.82, 2.24) is 9.80 Å². The third-order valence-electron chi connectivity index (χ3n) is 4.03. The topological polar surface area (TPSA) is 35.6 Å². The Kier molecular flexibility index (Phi) is 6.01. The van der Waals surface area contributed by atoms with Crippen molar-refractivity contribution >= 4 is 27.5 Å². The van der Waals surface area contributed by atoms with E-state index in [0.29, 0.717) is 6.54 Å². The summed E-state index contributed by atoms with van der Waals surface area (Å²) in [6, 6.07) is 7.68. The molecule has 1 aromatic rings. The summed E-state index contributed by atoms with van der Waals surface area (Å²) in [4.78, 5) is 16.9. The minimum absolute atomic E-state index is 0.0616. The Hall–Kier alpha value is -0.910. The van der Waals surface area contributed by atoms with E-state index in [-0.39, 0.29) is 11.4 Å². The fourth-order valence-electron chi connectivity index (χ4n) is 2.74. The first-order valence-corrected chi connectivity index (χ1v) is 8.67. The number of anilines is 1. The maximum Gasteiger partial charge on any atom is 0.238 e. The largest absolute Gasteiger partial charge is 0.325 e. The highest BCUT2D eigenvalue weighted by molar-refractivity contribution is 9.10. The zero-order valence-electron chi connectivity index (χ0n) is 13.7. The molecule has 1 fully saturated rings. The summed E-state index contributed by atoms with van der Waals surface area (Å²) in [5.41, 5.74) is 1.05. The van der Waals surface area contributed by atoms with Crippen LogP contribution in [0.4, 0.5) is 5.69 Å². The quantitative estimate of drug-likeness (QED) is 0.890. The second-order valence-electron chi connectivity index (χ2n) is 6.84. The summed E-state index contributed by atoms with van der Waals surface area (Å²) in [5.74, 6) is 0.0616. The molecule has 0 atom stereocenters. The zero-order chi connectivity index (χ0) is 16.2. The SMILES string of the molecule is CC(C)(C)N1CCCN(CC(=O)Nc2ccc(Br)cc2)CC1. The van der Waals surface area contributed by atoms with E-state index in [4.69, 9.17) is 0 Å². The molecule has 1 heterocycles. The number of carbonyl (C=O) groups excluding carboxylic acids is 1. The molecule has 0 aromatic heterocycles. The van der Waals surface area contributed by atoms with E-state index >= 15 is 0 Å². The number of benzene rings is 1. The van der Waals surface area contributed by atoms with Gasteiger partial charge in [0.1, 0.15) is 0 Å². The average Bonchev–Trinajstić information content (AvgIpc) is 2.66. The highest BCUT2D eigenvalue weighted by atomic mass is 79.9. The standard InChI is InChI=1S/C17H26BrN3O/c1-17(2,3)21-10-4-9-20(11-12-21)13-16(22)19-15-7-5-14(18)6-8-15/h5-8H,4,9-13H2,1-3H3,(H,19,22).